The van der Waals surface area contributed by atoms with Crippen LogP contribution >= 0.6 is 0 Å². The van der Waals surface area contributed by atoms with Crippen LogP contribution in [0.1, 0.15) is 5.56 Å². The lowest BCUT2D eigenvalue weighted by atomic mass is 9.92. The van der Waals surface area contributed by atoms with Gasteiger partial charge in [-0.1, -0.05) is 18.2 Å². The number of amides is 1. The minimum absolute atomic E-state index is 0.130. The number of nitrogens with zero attached hydrogens (tertiary/aromatic N) is 4. The first kappa shape index (κ1) is 18.5. The van der Waals surface area contributed by atoms with Crippen molar-refractivity contribution < 1.29 is 9.53 Å². The minimum Gasteiger partial charge on any atom is -0.492 e. The second-order valence-electron chi connectivity index (χ2n) is 7.91. The molecule has 30 heavy (non-hydrogen) atoms. The predicted molar refractivity (Wildman–Crippen MR) is 111 cm³/mol. The van der Waals surface area contributed by atoms with Crippen molar-refractivity contribution in [3.05, 3.63) is 76.8 Å². The number of fused-ring (bicyclic) bond motifs is 1. The largest absolute Gasteiger partial charge is 0.492 e. The number of benzene rings is 1. The third kappa shape index (κ3) is 3.58. The van der Waals surface area contributed by atoms with E-state index in [1.165, 1.54) is 10.7 Å². The first-order valence-corrected chi connectivity index (χ1v) is 10.2. The molecule has 0 aliphatic carbocycles. The Kier molecular flexibility index (Phi) is 4.78. The molecule has 7 nitrogen and oxygen atoms in total. The molecule has 152 valence electrons. The summed E-state index contributed by atoms with van der Waals surface area (Å²) in [5.41, 5.74) is 2.54. The smallest absolute Gasteiger partial charge is 0.266 e. The zero-order valence-corrected chi connectivity index (χ0v) is 16.5. The average molecular weight is 402 g/mol. The summed E-state index contributed by atoms with van der Waals surface area (Å²) < 4.78 is 7.26. The summed E-state index contributed by atoms with van der Waals surface area (Å²) in [4.78, 5) is 31.1. The van der Waals surface area contributed by atoms with Crippen LogP contribution in [-0.2, 0) is 17.8 Å². The molecule has 0 saturated carbocycles. The van der Waals surface area contributed by atoms with Gasteiger partial charge in [-0.2, -0.15) is 5.10 Å². The van der Waals surface area contributed by atoms with Gasteiger partial charge >= 0.3 is 0 Å². The van der Waals surface area contributed by atoms with Crippen LogP contribution in [0, 0.1) is 11.8 Å². The molecule has 0 bridgehead atoms. The fourth-order valence-electron chi connectivity index (χ4n) is 4.10. The fraction of sp³-hybridized carbons (Fsp3) is 0.304. The van der Waals surface area contributed by atoms with Gasteiger partial charge in [-0.15, -0.1) is 0 Å². The quantitative estimate of drug-likeness (QED) is 0.667. The van der Waals surface area contributed by atoms with Crippen LogP contribution < -0.4 is 10.3 Å². The summed E-state index contributed by atoms with van der Waals surface area (Å²) in [7, 11) is 0. The highest BCUT2D eigenvalue weighted by atomic mass is 16.5. The van der Waals surface area contributed by atoms with E-state index in [-0.39, 0.29) is 23.3 Å². The van der Waals surface area contributed by atoms with Crippen molar-refractivity contribution >= 4 is 5.91 Å². The maximum atomic E-state index is 12.8. The molecule has 1 unspecified atom stereocenters. The molecule has 4 heterocycles. The number of aromatic nitrogens is 3. The van der Waals surface area contributed by atoms with Gasteiger partial charge in [-0.25, -0.2) is 4.68 Å². The van der Waals surface area contributed by atoms with Gasteiger partial charge in [-0.3, -0.25) is 14.6 Å². The van der Waals surface area contributed by atoms with E-state index in [0.29, 0.717) is 38.4 Å². The molecule has 2 aromatic heterocycles. The summed E-state index contributed by atoms with van der Waals surface area (Å²) in [5.74, 6) is 1.09. The van der Waals surface area contributed by atoms with Crippen molar-refractivity contribution in [2.75, 3.05) is 19.7 Å². The van der Waals surface area contributed by atoms with E-state index in [1.54, 1.807) is 18.5 Å². The van der Waals surface area contributed by atoms with Gasteiger partial charge in [0.05, 0.1) is 18.2 Å². The van der Waals surface area contributed by atoms with Crippen molar-refractivity contribution in [1.82, 2.24) is 19.7 Å². The highest BCUT2D eigenvalue weighted by Crippen LogP contribution is 2.29. The predicted octanol–water partition coefficient (Wildman–Crippen LogP) is 2.01. The molecule has 1 amide bonds. The summed E-state index contributed by atoms with van der Waals surface area (Å²) in [6, 6.07) is 14.9. The van der Waals surface area contributed by atoms with E-state index in [1.807, 2.05) is 41.3 Å². The molecule has 1 fully saturated rings. The molecule has 1 atom stereocenters. The summed E-state index contributed by atoms with van der Waals surface area (Å²) in [6.45, 7) is 2.20. The van der Waals surface area contributed by atoms with Gasteiger partial charge in [0.25, 0.3) is 5.56 Å². The molecule has 2 aliphatic rings. The van der Waals surface area contributed by atoms with Crippen molar-refractivity contribution in [3.8, 4) is 17.0 Å². The molecule has 0 spiro atoms. The molecule has 5 rings (SSSR count). The second kappa shape index (κ2) is 7.74. The van der Waals surface area contributed by atoms with Crippen LogP contribution in [0.25, 0.3) is 11.3 Å². The van der Waals surface area contributed by atoms with Crippen LogP contribution in [-0.4, -0.2) is 45.3 Å². The Morgan fingerprint density at radius 1 is 1.10 bits per heavy atom. The normalized spacial score (nSPS) is 18.3. The van der Waals surface area contributed by atoms with Crippen molar-refractivity contribution in [2.45, 2.75) is 13.0 Å². The Labute approximate surface area is 173 Å². The van der Waals surface area contributed by atoms with Crippen molar-refractivity contribution in [3.63, 3.8) is 0 Å². The first-order valence-electron chi connectivity index (χ1n) is 10.2. The van der Waals surface area contributed by atoms with E-state index in [2.05, 4.69) is 10.1 Å². The third-order valence-electron chi connectivity index (χ3n) is 5.75. The molecule has 7 heteroatoms. The van der Waals surface area contributed by atoms with Gasteiger partial charge in [0.15, 0.2) is 0 Å². The summed E-state index contributed by atoms with van der Waals surface area (Å²) >= 11 is 0. The standard InChI is InChI=1S/C23H22N4O3/c28-22-8-7-20(18-5-3-9-24-11-18)25-27(22)14-16-12-26(13-16)23(29)19-10-17-4-1-2-6-21(17)30-15-19/h1-9,11,16,19H,10,12-15H2. The third-order valence-corrected chi connectivity index (χ3v) is 5.75. The fourth-order valence-corrected chi connectivity index (χ4v) is 4.10. The van der Waals surface area contributed by atoms with E-state index < -0.39 is 0 Å². The van der Waals surface area contributed by atoms with Crippen LogP contribution in [0.2, 0.25) is 0 Å². The Bertz CT molecular complexity index is 1120. The lowest BCUT2D eigenvalue weighted by molar-refractivity contribution is -0.143. The van der Waals surface area contributed by atoms with E-state index in [9.17, 15) is 9.59 Å². The molecule has 2 aliphatic heterocycles. The zero-order chi connectivity index (χ0) is 20.5. The second-order valence-corrected chi connectivity index (χ2v) is 7.91. The van der Waals surface area contributed by atoms with Gasteiger partial charge in [-0.05, 0) is 36.2 Å². The number of ether oxygens (including phenoxy) is 1. The van der Waals surface area contributed by atoms with Gasteiger partial charge in [0.1, 0.15) is 12.4 Å². The van der Waals surface area contributed by atoms with Crippen molar-refractivity contribution in [1.29, 1.82) is 0 Å². The number of hydrogen-bond acceptors (Lipinski definition) is 5. The first-order chi connectivity index (χ1) is 14.7. The number of pyridine rings is 1. The molecule has 0 radical (unpaired) electrons. The van der Waals surface area contributed by atoms with Crippen LogP contribution in [0.4, 0.5) is 0 Å². The van der Waals surface area contributed by atoms with E-state index in [0.717, 1.165) is 16.9 Å². The molecule has 0 N–H and O–H groups in total. The maximum absolute atomic E-state index is 12.8. The average Bonchev–Trinajstić information content (AvgIpc) is 2.77. The number of para-hydroxylation sites is 1. The Morgan fingerprint density at radius 3 is 2.80 bits per heavy atom. The van der Waals surface area contributed by atoms with Gasteiger partial charge < -0.3 is 9.64 Å². The van der Waals surface area contributed by atoms with Gasteiger partial charge in [0.2, 0.25) is 5.91 Å². The summed E-state index contributed by atoms with van der Waals surface area (Å²) in [6.07, 6.45) is 4.14. The van der Waals surface area contributed by atoms with Crippen LogP contribution in [0.15, 0.2) is 65.7 Å². The summed E-state index contributed by atoms with van der Waals surface area (Å²) in [5, 5.41) is 4.49. The van der Waals surface area contributed by atoms with E-state index in [4.69, 9.17) is 4.74 Å². The Hall–Kier alpha value is -3.48. The number of hydrogen-bond donors (Lipinski definition) is 0. The number of carbonyl (C=O) groups is 1. The van der Waals surface area contributed by atoms with Crippen LogP contribution in [0.3, 0.4) is 0 Å². The highest BCUT2D eigenvalue weighted by Gasteiger charge is 2.36. The molecule has 3 aromatic rings. The SMILES string of the molecule is O=C(C1COc2ccccc2C1)N1CC(Cn2nc(-c3cccnc3)ccc2=O)C1. The number of rotatable bonds is 4. The monoisotopic (exact) mass is 402 g/mol. The minimum atomic E-state index is -0.143. The molecular weight excluding hydrogens is 380 g/mol. The highest BCUT2D eigenvalue weighted by molar-refractivity contribution is 5.80. The lowest BCUT2D eigenvalue weighted by Crippen LogP contribution is -2.55. The van der Waals surface area contributed by atoms with E-state index >= 15 is 0 Å². The zero-order valence-electron chi connectivity index (χ0n) is 16.5. The Balaban J connectivity index is 1.21. The molecule has 1 aromatic carbocycles. The van der Waals surface area contributed by atoms with Crippen molar-refractivity contribution in [2.24, 2.45) is 11.8 Å². The molecular formula is C23H22N4O3. The maximum Gasteiger partial charge on any atom is 0.266 e. The number of likely N-dealkylation sites (tertiary alicyclic amines) is 1. The van der Waals surface area contributed by atoms with Crippen LogP contribution in [0.5, 0.6) is 5.75 Å². The lowest BCUT2D eigenvalue weighted by Gasteiger charge is -2.41. The number of carbonyl (C=O) groups excluding carboxylic acids is 1. The Morgan fingerprint density at radius 2 is 1.97 bits per heavy atom. The molecule has 1 saturated heterocycles. The van der Waals surface area contributed by atoms with Gasteiger partial charge in [0, 0.05) is 43.0 Å². The topological polar surface area (TPSA) is 77.3 Å².